The number of primary amides is 1. The average molecular weight is 201 g/mol. The van der Waals surface area contributed by atoms with E-state index < -0.39 is 11.9 Å². The second kappa shape index (κ2) is 4.92. The van der Waals surface area contributed by atoms with Crippen molar-refractivity contribution in [1.82, 2.24) is 10.2 Å². The van der Waals surface area contributed by atoms with Crippen LogP contribution in [0.2, 0.25) is 0 Å². The monoisotopic (exact) mass is 201 g/mol. The normalized spacial score (nSPS) is 19.2. The fraction of sp³-hybridized carbons (Fsp3) is 0.750. The van der Waals surface area contributed by atoms with Gasteiger partial charge in [0.1, 0.15) is 0 Å². The van der Waals surface area contributed by atoms with Crippen LogP contribution >= 0.6 is 0 Å². The highest BCUT2D eigenvalue weighted by molar-refractivity contribution is 5.94. The van der Waals surface area contributed by atoms with Gasteiger partial charge in [0.25, 0.3) is 0 Å². The van der Waals surface area contributed by atoms with Crippen LogP contribution in [0.3, 0.4) is 0 Å². The fourth-order valence-electron chi connectivity index (χ4n) is 1.46. The van der Waals surface area contributed by atoms with E-state index in [4.69, 9.17) is 5.73 Å². The topological polar surface area (TPSA) is 95.7 Å². The van der Waals surface area contributed by atoms with Crippen LogP contribution in [0.4, 0.5) is 4.79 Å². The molecule has 3 amide bonds. The molecule has 6 nitrogen and oxygen atoms in total. The molecule has 1 heterocycles. The number of nitrogens with zero attached hydrogens (tertiary/aromatic N) is 1. The van der Waals surface area contributed by atoms with Crippen LogP contribution in [0.1, 0.15) is 12.8 Å². The van der Waals surface area contributed by atoms with Crippen LogP contribution in [0.5, 0.6) is 0 Å². The van der Waals surface area contributed by atoms with E-state index in [0.29, 0.717) is 25.9 Å². The Morgan fingerprint density at radius 1 is 1.43 bits per heavy atom. The molecule has 1 rings (SSSR count). The molecule has 0 aromatic carbocycles. The molecule has 1 aliphatic rings. The number of aliphatic hydroxyl groups excluding tert-OH is 1. The van der Waals surface area contributed by atoms with Gasteiger partial charge in [0.2, 0.25) is 5.91 Å². The lowest BCUT2D eigenvalue weighted by Crippen LogP contribution is -2.45. The molecule has 0 saturated carbocycles. The van der Waals surface area contributed by atoms with Crippen molar-refractivity contribution in [3.05, 3.63) is 0 Å². The Bertz CT molecular complexity index is 224. The molecule has 0 spiro atoms. The number of aliphatic hydroxyl groups is 1. The lowest BCUT2D eigenvalue weighted by Gasteiger charge is -2.28. The third-order valence-electron chi connectivity index (χ3n) is 2.19. The van der Waals surface area contributed by atoms with Crippen molar-refractivity contribution >= 4 is 11.9 Å². The van der Waals surface area contributed by atoms with Gasteiger partial charge >= 0.3 is 6.03 Å². The molecule has 0 unspecified atom stereocenters. The van der Waals surface area contributed by atoms with Crippen molar-refractivity contribution in [2.45, 2.75) is 18.9 Å². The van der Waals surface area contributed by atoms with Gasteiger partial charge in [-0.2, -0.15) is 0 Å². The summed E-state index contributed by atoms with van der Waals surface area (Å²) in [4.78, 5) is 23.3. The van der Waals surface area contributed by atoms with Crippen LogP contribution in [-0.2, 0) is 4.79 Å². The third kappa shape index (κ3) is 3.71. The summed E-state index contributed by atoms with van der Waals surface area (Å²) in [6.07, 6.45) is 1.08. The SMILES string of the molecule is NC(=O)NC(=O)CN1CCC(O)CC1. The second-order valence-electron chi connectivity index (χ2n) is 3.42. The van der Waals surface area contributed by atoms with Gasteiger partial charge in [0.05, 0.1) is 12.6 Å². The Morgan fingerprint density at radius 3 is 2.50 bits per heavy atom. The van der Waals surface area contributed by atoms with E-state index >= 15 is 0 Å². The number of hydrogen-bond donors (Lipinski definition) is 3. The molecule has 0 radical (unpaired) electrons. The predicted octanol–water partition coefficient (Wildman–Crippen LogP) is -1.36. The second-order valence-corrected chi connectivity index (χ2v) is 3.42. The highest BCUT2D eigenvalue weighted by Gasteiger charge is 2.19. The summed E-state index contributed by atoms with van der Waals surface area (Å²) in [7, 11) is 0. The number of carbonyl (C=O) groups excluding carboxylic acids is 2. The molecule has 6 heteroatoms. The standard InChI is InChI=1S/C8H15N3O3/c9-8(14)10-7(13)5-11-3-1-6(12)2-4-11/h6,12H,1-5H2,(H3,9,10,13,14). The number of rotatable bonds is 2. The zero-order chi connectivity index (χ0) is 10.6. The largest absolute Gasteiger partial charge is 0.393 e. The van der Waals surface area contributed by atoms with Gasteiger partial charge in [-0.1, -0.05) is 0 Å². The molecule has 1 aliphatic heterocycles. The van der Waals surface area contributed by atoms with Crippen molar-refractivity contribution in [3.8, 4) is 0 Å². The zero-order valence-corrected chi connectivity index (χ0v) is 7.90. The molecule has 4 N–H and O–H groups in total. The predicted molar refractivity (Wildman–Crippen MR) is 49.4 cm³/mol. The molecule has 0 aliphatic carbocycles. The average Bonchev–Trinajstić information content (AvgIpc) is 2.07. The summed E-state index contributed by atoms with van der Waals surface area (Å²) < 4.78 is 0. The summed E-state index contributed by atoms with van der Waals surface area (Å²) in [5, 5.41) is 11.2. The summed E-state index contributed by atoms with van der Waals surface area (Å²) >= 11 is 0. The Balaban J connectivity index is 2.24. The van der Waals surface area contributed by atoms with Crippen LogP contribution in [0.15, 0.2) is 0 Å². The van der Waals surface area contributed by atoms with Crippen LogP contribution in [0, 0.1) is 0 Å². The van der Waals surface area contributed by atoms with Gasteiger partial charge in [0.15, 0.2) is 0 Å². The highest BCUT2D eigenvalue weighted by Crippen LogP contribution is 2.08. The lowest BCUT2D eigenvalue weighted by molar-refractivity contribution is -0.121. The molecule has 0 aromatic rings. The number of piperidine rings is 1. The summed E-state index contributed by atoms with van der Waals surface area (Å²) in [6, 6.07) is -0.827. The summed E-state index contributed by atoms with van der Waals surface area (Å²) in [5.74, 6) is -0.395. The number of urea groups is 1. The fourth-order valence-corrected chi connectivity index (χ4v) is 1.46. The van der Waals surface area contributed by atoms with Gasteiger partial charge in [-0.3, -0.25) is 15.0 Å². The summed E-state index contributed by atoms with van der Waals surface area (Å²) in [5.41, 5.74) is 4.79. The molecule has 14 heavy (non-hydrogen) atoms. The van der Waals surface area contributed by atoms with Gasteiger partial charge in [-0.05, 0) is 12.8 Å². The molecular formula is C8H15N3O3. The lowest BCUT2D eigenvalue weighted by atomic mass is 10.1. The number of nitrogens with one attached hydrogen (secondary N) is 1. The Kier molecular flexibility index (Phi) is 3.84. The van der Waals surface area contributed by atoms with E-state index in [9.17, 15) is 14.7 Å². The van der Waals surface area contributed by atoms with Gasteiger partial charge in [0, 0.05) is 13.1 Å². The number of amides is 3. The maximum absolute atomic E-state index is 11.1. The van der Waals surface area contributed by atoms with Crippen LogP contribution in [-0.4, -0.2) is 47.7 Å². The first-order chi connectivity index (χ1) is 6.58. The van der Waals surface area contributed by atoms with Crippen molar-refractivity contribution in [2.24, 2.45) is 5.73 Å². The maximum atomic E-state index is 11.1. The number of hydrogen-bond acceptors (Lipinski definition) is 4. The Labute approximate surface area is 82.1 Å². The highest BCUT2D eigenvalue weighted by atomic mass is 16.3. The Hall–Kier alpha value is -1.14. The Morgan fingerprint density at radius 2 is 2.00 bits per heavy atom. The van der Waals surface area contributed by atoms with Crippen molar-refractivity contribution in [1.29, 1.82) is 0 Å². The van der Waals surface area contributed by atoms with Crippen molar-refractivity contribution in [2.75, 3.05) is 19.6 Å². The van der Waals surface area contributed by atoms with E-state index in [-0.39, 0.29) is 12.6 Å². The maximum Gasteiger partial charge on any atom is 0.318 e. The minimum atomic E-state index is -0.827. The van der Waals surface area contributed by atoms with Crippen molar-refractivity contribution in [3.63, 3.8) is 0 Å². The smallest absolute Gasteiger partial charge is 0.318 e. The molecule has 1 fully saturated rings. The van der Waals surface area contributed by atoms with Gasteiger partial charge < -0.3 is 10.8 Å². The number of imide groups is 1. The van der Waals surface area contributed by atoms with Gasteiger partial charge in [-0.25, -0.2) is 4.79 Å². The minimum Gasteiger partial charge on any atom is -0.393 e. The van der Waals surface area contributed by atoms with E-state index in [1.165, 1.54) is 0 Å². The van der Waals surface area contributed by atoms with Crippen molar-refractivity contribution < 1.29 is 14.7 Å². The molecule has 0 bridgehead atoms. The molecule has 0 atom stereocenters. The first-order valence-corrected chi connectivity index (χ1v) is 4.57. The minimum absolute atomic E-state index is 0.162. The van der Waals surface area contributed by atoms with Crippen LogP contribution < -0.4 is 11.1 Å². The van der Waals surface area contributed by atoms with E-state index in [0.717, 1.165) is 0 Å². The quantitative estimate of drug-likeness (QED) is 0.514. The van der Waals surface area contributed by atoms with Gasteiger partial charge in [-0.15, -0.1) is 0 Å². The summed E-state index contributed by atoms with van der Waals surface area (Å²) in [6.45, 7) is 1.51. The third-order valence-corrected chi connectivity index (χ3v) is 2.19. The first kappa shape index (κ1) is 10.9. The molecule has 80 valence electrons. The molecule has 1 saturated heterocycles. The van der Waals surface area contributed by atoms with E-state index in [2.05, 4.69) is 0 Å². The van der Waals surface area contributed by atoms with E-state index in [1.807, 2.05) is 10.2 Å². The number of carbonyl (C=O) groups is 2. The van der Waals surface area contributed by atoms with E-state index in [1.54, 1.807) is 0 Å². The number of nitrogens with two attached hydrogens (primary N) is 1. The number of likely N-dealkylation sites (tertiary alicyclic amines) is 1. The molecule has 0 aromatic heterocycles. The zero-order valence-electron chi connectivity index (χ0n) is 7.90. The van der Waals surface area contributed by atoms with Crippen LogP contribution in [0.25, 0.3) is 0 Å². The molecular weight excluding hydrogens is 186 g/mol. The first-order valence-electron chi connectivity index (χ1n) is 4.57.